The Morgan fingerprint density at radius 3 is 2.88 bits per heavy atom. The zero-order chi connectivity index (χ0) is 18.0. The van der Waals surface area contributed by atoms with Crippen LogP contribution < -0.4 is 16.0 Å². The number of rotatable bonds is 5. The molecule has 2 heterocycles. The van der Waals surface area contributed by atoms with Gasteiger partial charge in [-0.1, -0.05) is 24.4 Å². The van der Waals surface area contributed by atoms with E-state index in [4.69, 9.17) is 4.74 Å². The SMILES string of the molecule is C=CCOc1ccc(-n2c(=O)[nH]c3nc(SC)ncc3c2=O)c(C)c1. The summed E-state index contributed by atoms with van der Waals surface area (Å²) in [5.41, 5.74) is 0.428. The molecule has 0 saturated carbocycles. The number of fused-ring (bicyclic) bond motifs is 1. The molecule has 128 valence electrons. The van der Waals surface area contributed by atoms with Crippen molar-refractivity contribution in [1.82, 2.24) is 19.5 Å². The quantitative estimate of drug-likeness (QED) is 0.428. The van der Waals surface area contributed by atoms with Gasteiger partial charge < -0.3 is 4.74 Å². The number of nitrogens with zero attached hydrogens (tertiary/aromatic N) is 3. The molecule has 3 rings (SSSR count). The van der Waals surface area contributed by atoms with Gasteiger partial charge in [0.05, 0.1) is 5.69 Å². The minimum atomic E-state index is -0.550. The largest absolute Gasteiger partial charge is 0.490 e. The first-order chi connectivity index (χ1) is 12.0. The lowest BCUT2D eigenvalue weighted by atomic mass is 10.2. The van der Waals surface area contributed by atoms with Crippen LogP contribution in [0.3, 0.4) is 0 Å². The van der Waals surface area contributed by atoms with Gasteiger partial charge in [0.25, 0.3) is 5.56 Å². The molecule has 25 heavy (non-hydrogen) atoms. The van der Waals surface area contributed by atoms with Crippen molar-refractivity contribution in [3.63, 3.8) is 0 Å². The lowest BCUT2D eigenvalue weighted by Gasteiger charge is -2.11. The fourth-order valence-corrected chi connectivity index (χ4v) is 2.77. The van der Waals surface area contributed by atoms with Gasteiger partial charge >= 0.3 is 5.69 Å². The molecule has 0 amide bonds. The van der Waals surface area contributed by atoms with Crippen LogP contribution in [0.4, 0.5) is 0 Å². The van der Waals surface area contributed by atoms with Crippen molar-refractivity contribution < 1.29 is 4.74 Å². The van der Waals surface area contributed by atoms with Crippen molar-refractivity contribution in [3.8, 4) is 11.4 Å². The Hall–Kier alpha value is -2.87. The standard InChI is InChI=1S/C17H16N4O3S/c1-4-7-24-11-5-6-13(10(2)8-11)21-15(22)12-9-18-16(25-3)19-14(12)20-17(21)23/h4-6,8-9H,1,7H2,2-3H3,(H,18,19,20,23). The number of nitrogens with one attached hydrogen (secondary N) is 1. The number of hydrogen-bond acceptors (Lipinski definition) is 6. The highest BCUT2D eigenvalue weighted by atomic mass is 32.2. The number of aryl methyl sites for hydroxylation is 1. The molecule has 0 aliphatic carbocycles. The van der Waals surface area contributed by atoms with Gasteiger partial charge in [0, 0.05) is 6.20 Å². The van der Waals surface area contributed by atoms with E-state index in [1.54, 1.807) is 31.2 Å². The lowest BCUT2D eigenvalue weighted by Crippen LogP contribution is -2.34. The molecule has 0 aliphatic heterocycles. The second kappa shape index (κ2) is 6.94. The lowest BCUT2D eigenvalue weighted by molar-refractivity contribution is 0.363. The number of H-pyrrole nitrogens is 1. The number of ether oxygens (including phenoxy) is 1. The van der Waals surface area contributed by atoms with Gasteiger partial charge in [-0.25, -0.2) is 19.3 Å². The van der Waals surface area contributed by atoms with Gasteiger partial charge in [-0.15, -0.1) is 0 Å². The first kappa shape index (κ1) is 17.0. The predicted molar refractivity (Wildman–Crippen MR) is 98.0 cm³/mol. The Balaban J connectivity index is 2.17. The third-order valence-electron chi connectivity index (χ3n) is 3.59. The molecule has 3 aromatic rings. The normalized spacial score (nSPS) is 10.8. The van der Waals surface area contributed by atoms with E-state index < -0.39 is 11.2 Å². The number of benzene rings is 1. The molecule has 0 aliphatic rings. The molecular weight excluding hydrogens is 340 g/mol. The van der Waals surface area contributed by atoms with Gasteiger partial charge in [0.15, 0.2) is 10.8 Å². The van der Waals surface area contributed by atoms with Gasteiger partial charge in [0.2, 0.25) is 0 Å². The predicted octanol–water partition coefficient (Wildman–Crippen LogP) is 2.06. The van der Waals surface area contributed by atoms with Crippen LogP contribution in [0.25, 0.3) is 16.7 Å². The van der Waals surface area contributed by atoms with Crippen LogP contribution >= 0.6 is 11.8 Å². The third-order valence-corrected chi connectivity index (χ3v) is 4.15. The molecule has 0 fully saturated rings. The fourth-order valence-electron chi connectivity index (χ4n) is 2.43. The molecule has 8 heteroatoms. The highest BCUT2D eigenvalue weighted by Gasteiger charge is 2.13. The summed E-state index contributed by atoms with van der Waals surface area (Å²) in [6.07, 6.45) is 4.89. The van der Waals surface area contributed by atoms with E-state index in [1.165, 1.54) is 18.0 Å². The number of hydrogen-bond donors (Lipinski definition) is 1. The smallest absolute Gasteiger partial charge is 0.334 e. The summed E-state index contributed by atoms with van der Waals surface area (Å²) in [4.78, 5) is 36.2. The van der Waals surface area contributed by atoms with Crippen LogP contribution in [0.15, 0.2) is 51.8 Å². The van der Waals surface area contributed by atoms with E-state index >= 15 is 0 Å². The Labute approximate surface area is 147 Å². The first-order valence-corrected chi connectivity index (χ1v) is 8.68. The molecule has 0 atom stereocenters. The van der Waals surface area contributed by atoms with Crippen LogP contribution in [0.1, 0.15) is 5.56 Å². The van der Waals surface area contributed by atoms with Crippen LogP contribution in [0.2, 0.25) is 0 Å². The highest BCUT2D eigenvalue weighted by Crippen LogP contribution is 2.19. The van der Waals surface area contributed by atoms with Crippen molar-refractivity contribution >= 4 is 22.8 Å². The number of aromatic nitrogens is 4. The summed E-state index contributed by atoms with van der Waals surface area (Å²) >= 11 is 1.33. The second-order valence-corrected chi connectivity index (χ2v) is 6.01. The summed E-state index contributed by atoms with van der Waals surface area (Å²) < 4.78 is 6.55. The maximum absolute atomic E-state index is 12.8. The minimum Gasteiger partial charge on any atom is -0.490 e. The first-order valence-electron chi connectivity index (χ1n) is 7.46. The molecule has 0 saturated heterocycles. The Morgan fingerprint density at radius 2 is 2.20 bits per heavy atom. The van der Waals surface area contributed by atoms with E-state index in [2.05, 4.69) is 21.5 Å². The molecule has 0 bridgehead atoms. The average molecular weight is 356 g/mol. The zero-order valence-electron chi connectivity index (χ0n) is 13.8. The molecule has 0 spiro atoms. The van der Waals surface area contributed by atoms with Crippen molar-refractivity contribution in [2.24, 2.45) is 0 Å². The van der Waals surface area contributed by atoms with Crippen LogP contribution in [0, 0.1) is 6.92 Å². The average Bonchev–Trinajstić information content (AvgIpc) is 2.60. The van der Waals surface area contributed by atoms with Crippen LogP contribution in [0.5, 0.6) is 5.75 Å². The molecule has 0 radical (unpaired) electrons. The number of aromatic amines is 1. The molecule has 2 aromatic heterocycles. The van der Waals surface area contributed by atoms with Gasteiger partial charge in [0.1, 0.15) is 17.7 Å². The molecule has 1 aromatic carbocycles. The van der Waals surface area contributed by atoms with Gasteiger partial charge in [-0.05, 0) is 36.9 Å². The summed E-state index contributed by atoms with van der Waals surface area (Å²) in [6, 6.07) is 5.14. The van der Waals surface area contributed by atoms with E-state index in [1.807, 2.05) is 6.26 Å². The summed E-state index contributed by atoms with van der Waals surface area (Å²) in [6.45, 7) is 5.78. The van der Waals surface area contributed by atoms with Crippen molar-refractivity contribution in [3.05, 3.63) is 63.5 Å². The van der Waals surface area contributed by atoms with Crippen molar-refractivity contribution in [2.45, 2.75) is 12.1 Å². The summed E-state index contributed by atoms with van der Waals surface area (Å²) in [7, 11) is 0. The van der Waals surface area contributed by atoms with Crippen molar-refractivity contribution in [2.75, 3.05) is 12.9 Å². The molecule has 1 N–H and O–H groups in total. The molecule has 0 unspecified atom stereocenters. The van der Waals surface area contributed by atoms with E-state index in [0.717, 1.165) is 10.1 Å². The van der Waals surface area contributed by atoms with E-state index in [0.29, 0.717) is 23.2 Å². The third kappa shape index (κ3) is 3.20. The topological polar surface area (TPSA) is 89.9 Å². The Morgan fingerprint density at radius 1 is 1.40 bits per heavy atom. The molecule has 7 nitrogen and oxygen atoms in total. The number of thioether (sulfide) groups is 1. The Kier molecular flexibility index (Phi) is 4.71. The maximum Gasteiger partial charge on any atom is 0.334 e. The molecular formula is C17H16N4O3S. The Bertz CT molecular complexity index is 1070. The zero-order valence-corrected chi connectivity index (χ0v) is 14.6. The fraction of sp³-hybridized carbons (Fsp3) is 0.176. The highest BCUT2D eigenvalue weighted by molar-refractivity contribution is 7.98. The van der Waals surface area contributed by atoms with E-state index in [9.17, 15) is 9.59 Å². The van der Waals surface area contributed by atoms with Gasteiger partial charge in [-0.2, -0.15) is 0 Å². The summed E-state index contributed by atoms with van der Waals surface area (Å²) in [5.74, 6) is 0.638. The van der Waals surface area contributed by atoms with Crippen LogP contribution in [-0.4, -0.2) is 32.4 Å². The van der Waals surface area contributed by atoms with Crippen LogP contribution in [-0.2, 0) is 0 Å². The minimum absolute atomic E-state index is 0.231. The maximum atomic E-state index is 12.8. The summed E-state index contributed by atoms with van der Waals surface area (Å²) in [5, 5.41) is 0.740. The van der Waals surface area contributed by atoms with Crippen molar-refractivity contribution in [1.29, 1.82) is 0 Å². The van der Waals surface area contributed by atoms with Gasteiger partial charge in [-0.3, -0.25) is 9.78 Å². The monoisotopic (exact) mass is 356 g/mol. The second-order valence-electron chi connectivity index (χ2n) is 5.24. The van der Waals surface area contributed by atoms with E-state index in [-0.39, 0.29) is 11.0 Å².